The molecule has 0 radical (unpaired) electrons. The Bertz CT molecular complexity index is 1040. The Morgan fingerprint density at radius 1 is 1.21 bits per heavy atom. The molecule has 0 aliphatic rings. The van der Waals surface area contributed by atoms with Crippen molar-refractivity contribution in [1.82, 2.24) is 19.7 Å². The van der Waals surface area contributed by atoms with Crippen molar-refractivity contribution in [2.24, 2.45) is 0 Å². The summed E-state index contributed by atoms with van der Waals surface area (Å²) in [5.41, 5.74) is 2.78. The van der Waals surface area contributed by atoms with Crippen molar-refractivity contribution in [2.45, 2.75) is 46.5 Å². The van der Waals surface area contributed by atoms with Gasteiger partial charge < -0.3 is 5.32 Å². The van der Waals surface area contributed by atoms with Crippen LogP contribution in [0.1, 0.15) is 48.7 Å². The molecule has 1 atom stereocenters. The van der Waals surface area contributed by atoms with Crippen LogP contribution < -0.4 is 10.9 Å². The number of nitrogens with one attached hydrogen (secondary N) is 2. The lowest BCUT2D eigenvalue weighted by Crippen LogP contribution is -2.24. The van der Waals surface area contributed by atoms with Crippen molar-refractivity contribution in [3.05, 3.63) is 69.3 Å². The summed E-state index contributed by atoms with van der Waals surface area (Å²) >= 11 is 0. The predicted octanol–water partition coefficient (Wildman–Crippen LogP) is 3.27. The second kappa shape index (κ2) is 8.21. The molecule has 3 rings (SSSR count). The van der Waals surface area contributed by atoms with Crippen LogP contribution in [0.3, 0.4) is 0 Å². The number of carbonyl (C=O) groups is 1. The van der Waals surface area contributed by atoms with Crippen LogP contribution in [0.15, 0.2) is 41.2 Å². The molecule has 0 saturated heterocycles. The van der Waals surface area contributed by atoms with E-state index in [-0.39, 0.29) is 23.3 Å². The molecule has 0 aliphatic carbocycles. The van der Waals surface area contributed by atoms with Crippen LogP contribution in [0.5, 0.6) is 0 Å². The molecular formula is C21H25N5O2. The van der Waals surface area contributed by atoms with Gasteiger partial charge in [0.2, 0.25) is 11.9 Å². The summed E-state index contributed by atoms with van der Waals surface area (Å²) in [6.45, 7) is 7.52. The summed E-state index contributed by atoms with van der Waals surface area (Å²) in [6.07, 6.45) is 1.27. The standard InChI is InChI=1S/C21H25N5O2/c1-5-16-14(4)22-21(24-19(16)27)26-18(12-13(3)25-26)23-20(28)17(6-2)15-10-8-7-9-11-15/h7-12,17H,5-6H2,1-4H3,(H,23,28)(H,22,24,27)/t17-/m0/s1. The Kier molecular flexibility index (Phi) is 5.73. The lowest BCUT2D eigenvalue weighted by atomic mass is 9.96. The quantitative estimate of drug-likeness (QED) is 0.687. The largest absolute Gasteiger partial charge is 0.310 e. The number of benzene rings is 1. The van der Waals surface area contributed by atoms with Gasteiger partial charge in [0.05, 0.1) is 11.6 Å². The van der Waals surface area contributed by atoms with Crippen LogP contribution in [0.25, 0.3) is 5.95 Å². The number of nitrogens with zero attached hydrogens (tertiary/aromatic N) is 3. The Labute approximate surface area is 163 Å². The molecular weight excluding hydrogens is 354 g/mol. The van der Waals surface area contributed by atoms with Crippen LogP contribution in [-0.4, -0.2) is 25.7 Å². The maximum atomic E-state index is 12.9. The molecule has 1 amide bonds. The molecule has 0 aliphatic heterocycles. The summed E-state index contributed by atoms with van der Waals surface area (Å²) in [5, 5.41) is 7.35. The molecule has 0 unspecified atom stereocenters. The van der Waals surface area contributed by atoms with Crippen LogP contribution >= 0.6 is 0 Å². The Hall–Kier alpha value is -3.22. The summed E-state index contributed by atoms with van der Waals surface area (Å²) in [4.78, 5) is 32.5. The second-order valence-electron chi connectivity index (χ2n) is 6.75. The number of hydrogen-bond acceptors (Lipinski definition) is 4. The molecule has 0 saturated carbocycles. The monoisotopic (exact) mass is 379 g/mol. The number of aryl methyl sites for hydroxylation is 2. The van der Waals surface area contributed by atoms with E-state index in [1.54, 1.807) is 13.0 Å². The zero-order chi connectivity index (χ0) is 20.3. The first kappa shape index (κ1) is 19.5. The van der Waals surface area contributed by atoms with Gasteiger partial charge in [-0.05, 0) is 32.3 Å². The number of aromatic nitrogens is 4. The van der Waals surface area contributed by atoms with Gasteiger partial charge in [-0.1, -0.05) is 44.2 Å². The Balaban J connectivity index is 1.95. The van der Waals surface area contributed by atoms with Crippen LogP contribution in [0.2, 0.25) is 0 Å². The van der Waals surface area contributed by atoms with Gasteiger partial charge in [0.25, 0.3) is 5.56 Å². The van der Waals surface area contributed by atoms with Gasteiger partial charge in [-0.25, -0.2) is 4.98 Å². The van der Waals surface area contributed by atoms with E-state index in [1.165, 1.54) is 4.68 Å². The van der Waals surface area contributed by atoms with E-state index >= 15 is 0 Å². The molecule has 0 spiro atoms. The van der Waals surface area contributed by atoms with Crippen LogP contribution in [-0.2, 0) is 11.2 Å². The van der Waals surface area contributed by atoms with Gasteiger partial charge in [-0.3, -0.25) is 14.6 Å². The van der Waals surface area contributed by atoms with Crippen molar-refractivity contribution in [3.63, 3.8) is 0 Å². The number of rotatable bonds is 6. The maximum absolute atomic E-state index is 12.9. The highest BCUT2D eigenvalue weighted by Crippen LogP contribution is 2.22. The first-order valence-corrected chi connectivity index (χ1v) is 9.47. The number of hydrogen-bond donors (Lipinski definition) is 2. The number of aromatic amines is 1. The zero-order valence-corrected chi connectivity index (χ0v) is 16.6. The minimum Gasteiger partial charge on any atom is -0.310 e. The van der Waals surface area contributed by atoms with Gasteiger partial charge >= 0.3 is 0 Å². The van der Waals surface area contributed by atoms with Gasteiger partial charge in [-0.15, -0.1) is 0 Å². The maximum Gasteiger partial charge on any atom is 0.255 e. The summed E-state index contributed by atoms with van der Waals surface area (Å²) < 4.78 is 1.47. The third-order valence-corrected chi connectivity index (χ3v) is 4.77. The first-order valence-electron chi connectivity index (χ1n) is 9.47. The highest BCUT2D eigenvalue weighted by molar-refractivity contribution is 5.95. The normalized spacial score (nSPS) is 12.0. The Morgan fingerprint density at radius 2 is 1.93 bits per heavy atom. The van der Waals surface area contributed by atoms with Crippen LogP contribution in [0.4, 0.5) is 5.82 Å². The fraction of sp³-hybridized carbons (Fsp3) is 0.333. The molecule has 146 valence electrons. The smallest absolute Gasteiger partial charge is 0.255 e. The third-order valence-electron chi connectivity index (χ3n) is 4.77. The zero-order valence-electron chi connectivity index (χ0n) is 16.6. The Morgan fingerprint density at radius 3 is 2.54 bits per heavy atom. The van der Waals surface area contributed by atoms with E-state index < -0.39 is 0 Å². The van der Waals surface area contributed by atoms with Gasteiger partial charge in [-0.2, -0.15) is 9.78 Å². The van der Waals surface area contributed by atoms with E-state index in [4.69, 9.17) is 0 Å². The van der Waals surface area contributed by atoms with E-state index in [0.717, 1.165) is 5.56 Å². The fourth-order valence-electron chi connectivity index (χ4n) is 3.33. The molecule has 7 heteroatoms. The average molecular weight is 379 g/mol. The van der Waals surface area contributed by atoms with Gasteiger partial charge in [0.15, 0.2) is 0 Å². The minimum atomic E-state index is -0.277. The first-order chi connectivity index (χ1) is 13.4. The molecule has 0 bridgehead atoms. The molecule has 2 aromatic heterocycles. The number of amides is 1. The van der Waals surface area contributed by atoms with E-state index in [2.05, 4.69) is 20.4 Å². The predicted molar refractivity (Wildman–Crippen MR) is 109 cm³/mol. The van der Waals surface area contributed by atoms with Gasteiger partial charge in [0, 0.05) is 17.3 Å². The van der Waals surface area contributed by atoms with E-state index in [9.17, 15) is 9.59 Å². The second-order valence-corrected chi connectivity index (χ2v) is 6.75. The number of H-pyrrole nitrogens is 1. The summed E-state index contributed by atoms with van der Waals surface area (Å²) in [5.74, 6) is 0.361. The van der Waals surface area contributed by atoms with Crippen LogP contribution in [0, 0.1) is 13.8 Å². The SMILES string of the molecule is CCc1c(C)nc(-n2nc(C)cc2NC(=O)[C@@H](CC)c2ccccc2)[nH]c1=O. The average Bonchev–Trinajstić information content (AvgIpc) is 3.03. The molecule has 3 aromatic rings. The third kappa shape index (κ3) is 3.88. The molecule has 2 N–H and O–H groups in total. The lowest BCUT2D eigenvalue weighted by Gasteiger charge is -2.16. The summed E-state index contributed by atoms with van der Waals surface area (Å²) in [7, 11) is 0. The minimum absolute atomic E-state index is 0.126. The lowest BCUT2D eigenvalue weighted by molar-refractivity contribution is -0.117. The topological polar surface area (TPSA) is 92.7 Å². The van der Waals surface area contributed by atoms with Crippen molar-refractivity contribution in [1.29, 1.82) is 0 Å². The van der Waals surface area contributed by atoms with Crippen molar-refractivity contribution >= 4 is 11.7 Å². The van der Waals surface area contributed by atoms with Crippen molar-refractivity contribution in [2.75, 3.05) is 5.32 Å². The number of carbonyl (C=O) groups excluding carboxylic acids is 1. The van der Waals surface area contributed by atoms with Crippen molar-refractivity contribution in [3.8, 4) is 5.95 Å². The molecule has 28 heavy (non-hydrogen) atoms. The molecule has 2 heterocycles. The van der Waals surface area contributed by atoms with Crippen molar-refractivity contribution < 1.29 is 4.79 Å². The number of anilines is 1. The fourth-order valence-corrected chi connectivity index (χ4v) is 3.33. The van der Waals surface area contributed by atoms with Gasteiger partial charge in [0.1, 0.15) is 5.82 Å². The van der Waals surface area contributed by atoms with E-state index in [1.807, 2.05) is 51.1 Å². The van der Waals surface area contributed by atoms with E-state index in [0.29, 0.717) is 35.6 Å². The molecule has 7 nitrogen and oxygen atoms in total. The highest BCUT2D eigenvalue weighted by atomic mass is 16.2. The summed E-state index contributed by atoms with van der Waals surface area (Å²) in [6, 6.07) is 11.4. The molecule has 1 aromatic carbocycles. The molecule has 0 fully saturated rings. The highest BCUT2D eigenvalue weighted by Gasteiger charge is 2.21.